The van der Waals surface area contributed by atoms with Crippen molar-refractivity contribution in [2.45, 2.75) is 52.5 Å². The predicted octanol–water partition coefficient (Wildman–Crippen LogP) is 3.56. The van der Waals surface area contributed by atoms with Gasteiger partial charge in [-0.15, -0.1) is 12.4 Å². The second-order valence-corrected chi connectivity index (χ2v) is 6.03. The zero-order valence-corrected chi connectivity index (χ0v) is 13.8. The van der Waals surface area contributed by atoms with E-state index in [4.69, 9.17) is 9.97 Å². The zero-order valence-electron chi connectivity index (χ0n) is 13.0. The molecule has 1 aliphatic carbocycles. The minimum atomic E-state index is 0. The van der Waals surface area contributed by atoms with E-state index in [1.807, 2.05) is 6.33 Å². The Morgan fingerprint density at radius 1 is 1.33 bits per heavy atom. The predicted molar refractivity (Wildman–Crippen MR) is 87.3 cm³/mol. The maximum atomic E-state index is 4.77. The fourth-order valence-corrected chi connectivity index (χ4v) is 2.34. The Bertz CT molecular complexity index is 562. The number of halogens is 1. The standard InChI is InChI=1S/C15H23N5.ClH/c1-4-16-14-12-15(19-13(18-12)11-5-6-11)20(9-17-14)8-7-10(2)3;/h9-11,16H,4-8H2,1-3H3;1H. The van der Waals surface area contributed by atoms with Crippen molar-refractivity contribution in [3.8, 4) is 11.5 Å². The molecule has 1 fully saturated rings. The highest BCUT2D eigenvalue weighted by Gasteiger charge is 2.31. The van der Waals surface area contributed by atoms with Crippen LogP contribution in [0.15, 0.2) is 6.33 Å². The lowest BCUT2D eigenvalue weighted by Crippen LogP contribution is -2.11. The molecule has 0 atom stereocenters. The first kappa shape index (κ1) is 16.0. The SMILES string of the molecule is CCNc1ncn(CCC(C)C)c2nc(C3CC3)nc1-2.Cl. The molecule has 0 radical (unpaired) electrons. The number of fused-ring (bicyclic) bond motifs is 1. The molecule has 0 amide bonds. The summed E-state index contributed by atoms with van der Waals surface area (Å²) in [6, 6.07) is 0. The first-order valence-electron chi connectivity index (χ1n) is 7.65. The van der Waals surface area contributed by atoms with Gasteiger partial charge in [0, 0.05) is 19.0 Å². The van der Waals surface area contributed by atoms with Gasteiger partial charge in [0.2, 0.25) is 0 Å². The maximum Gasteiger partial charge on any atom is 0.165 e. The van der Waals surface area contributed by atoms with E-state index in [2.05, 4.69) is 35.6 Å². The fraction of sp³-hybridized carbons (Fsp3) is 0.667. The smallest absolute Gasteiger partial charge is 0.165 e. The number of nitrogens with zero attached hydrogens (tertiary/aromatic N) is 4. The van der Waals surface area contributed by atoms with Crippen molar-refractivity contribution in [2.75, 3.05) is 11.9 Å². The molecular formula is C15H24ClN5. The van der Waals surface area contributed by atoms with Gasteiger partial charge in [-0.3, -0.25) is 0 Å². The molecule has 21 heavy (non-hydrogen) atoms. The third-order valence-electron chi connectivity index (χ3n) is 3.72. The van der Waals surface area contributed by atoms with E-state index in [9.17, 15) is 0 Å². The average molecular weight is 310 g/mol. The quantitative estimate of drug-likeness (QED) is 0.886. The van der Waals surface area contributed by atoms with Crippen molar-refractivity contribution in [3.63, 3.8) is 0 Å². The Balaban J connectivity index is 0.00000161. The van der Waals surface area contributed by atoms with Crippen LogP contribution in [0.1, 0.15) is 51.8 Å². The Hall–Kier alpha value is -1.36. The Kier molecular flexibility index (Phi) is 5.04. The molecule has 0 saturated heterocycles. The van der Waals surface area contributed by atoms with Gasteiger partial charge in [0.15, 0.2) is 17.3 Å². The van der Waals surface area contributed by atoms with E-state index in [0.717, 1.165) is 42.7 Å². The van der Waals surface area contributed by atoms with Crippen LogP contribution in [0.25, 0.3) is 11.5 Å². The topological polar surface area (TPSA) is 55.6 Å². The Morgan fingerprint density at radius 3 is 2.71 bits per heavy atom. The van der Waals surface area contributed by atoms with E-state index in [-0.39, 0.29) is 12.4 Å². The molecule has 2 heterocycles. The number of nitrogens with one attached hydrogen (secondary N) is 1. The van der Waals surface area contributed by atoms with Crippen molar-refractivity contribution in [3.05, 3.63) is 12.2 Å². The van der Waals surface area contributed by atoms with Gasteiger partial charge in [0.05, 0.1) is 6.33 Å². The van der Waals surface area contributed by atoms with E-state index in [1.165, 1.54) is 12.8 Å². The Labute approximate surface area is 132 Å². The van der Waals surface area contributed by atoms with Crippen molar-refractivity contribution in [1.29, 1.82) is 0 Å². The van der Waals surface area contributed by atoms with Crippen LogP contribution in [-0.2, 0) is 6.54 Å². The average Bonchev–Trinajstić information content (AvgIpc) is 3.17. The number of imidazole rings is 1. The summed E-state index contributed by atoms with van der Waals surface area (Å²) in [5.41, 5.74) is 0.931. The van der Waals surface area contributed by atoms with Crippen LogP contribution in [-0.4, -0.2) is 26.1 Å². The molecule has 0 unspecified atom stereocenters. The number of hydrogen-bond acceptors (Lipinski definition) is 4. The van der Waals surface area contributed by atoms with Crippen molar-refractivity contribution in [2.24, 2.45) is 5.92 Å². The van der Waals surface area contributed by atoms with Gasteiger partial charge in [-0.25, -0.2) is 15.0 Å². The first-order valence-corrected chi connectivity index (χ1v) is 7.65. The third-order valence-corrected chi connectivity index (χ3v) is 3.72. The van der Waals surface area contributed by atoms with Gasteiger partial charge in [-0.05, 0) is 32.1 Å². The van der Waals surface area contributed by atoms with Gasteiger partial charge in [-0.1, -0.05) is 13.8 Å². The maximum absolute atomic E-state index is 4.77. The number of anilines is 1. The molecule has 0 spiro atoms. The second-order valence-electron chi connectivity index (χ2n) is 6.03. The molecule has 2 aliphatic heterocycles. The van der Waals surface area contributed by atoms with Crippen LogP contribution in [0.5, 0.6) is 0 Å². The summed E-state index contributed by atoms with van der Waals surface area (Å²) in [6.45, 7) is 8.36. The van der Waals surface area contributed by atoms with Crippen LogP contribution < -0.4 is 5.32 Å². The summed E-state index contributed by atoms with van der Waals surface area (Å²) in [6.07, 6.45) is 5.49. The second kappa shape index (κ2) is 6.60. The Morgan fingerprint density at radius 2 is 2.10 bits per heavy atom. The van der Waals surface area contributed by atoms with Gasteiger partial charge < -0.3 is 9.88 Å². The zero-order chi connectivity index (χ0) is 14.1. The molecule has 0 bridgehead atoms. The molecule has 1 saturated carbocycles. The molecule has 3 aliphatic rings. The third kappa shape index (κ3) is 3.46. The van der Waals surface area contributed by atoms with Crippen molar-refractivity contribution in [1.82, 2.24) is 19.5 Å². The van der Waals surface area contributed by atoms with Gasteiger partial charge in [0.1, 0.15) is 5.82 Å². The fourth-order valence-electron chi connectivity index (χ4n) is 2.34. The highest BCUT2D eigenvalue weighted by atomic mass is 35.5. The number of aryl methyl sites for hydroxylation is 1. The molecule has 3 rings (SSSR count). The van der Waals surface area contributed by atoms with Gasteiger partial charge >= 0.3 is 0 Å². The van der Waals surface area contributed by atoms with Crippen molar-refractivity contribution < 1.29 is 0 Å². The summed E-state index contributed by atoms with van der Waals surface area (Å²) < 4.78 is 2.15. The molecular weight excluding hydrogens is 286 g/mol. The molecule has 116 valence electrons. The van der Waals surface area contributed by atoms with Gasteiger partial charge in [-0.2, -0.15) is 0 Å². The molecule has 0 aromatic rings. The lowest BCUT2D eigenvalue weighted by atomic mass is 10.1. The molecule has 5 nitrogen and oxygen atoms in total. The van der Waals surface area contributed by atoms with Crippen LogP contribution in [0.2, 0.25) is 0 Å². The largest absolute Gasteiger partial charge is 0.368 e. The monoisotopic (exact) mass is 309 g/mol. The molecule has 1 N–H and O–H groups in total. The van der Waals surface area contributed by atoms with Crippen molar-refractivity contribution >= 4 is 18.2 Å². The minimum Gasteiger partial charge on any atom is -0.368 e. The van der Waals surface area contributed by atoms with E-state index >= 15 is 0 Å². The summed E-state index contributed by atoms with van der Waals surface area (Å²) in [4.78, 5) is 14.0. The van der Waals surface area contributed by atoms with Crippen LogP contribution in [0.3, 0.4) is 0 Å². The summed E-state index contributed by atoms with van der Waals surface area (Å²) in [7, 11) is 0. The highest BCUT2D eigenvalue weighted by Crippen LogP contribution is 2.40. The summed E-state index contributed by atoms with van der Waals surface area (Å²) in [5, 5.41) is 3.29. The van der Waals surface area contributed by atoms with E-state index in [0.29, 0.717) is 11.8 Å². The van der Waals surface area contributed by atoms with Crippen LogP contribution >= 0.6 is 12.4 Å². The summed E-state index contributed by atoms with van der Waals surface area (Å²) in [5.74, 6) is 4.11. The van der Waals surface area contributed by atoms with Gasteiger partial charge in [0.25, 0.3) is 0 Å². The molecule has 0 aromatic heterocycles. The minimum absolute atomic E-state index is 0. The van der Waals surface area contributed by atoms with E-state index < -0.39 is 0 Å². The normalized spacial score (nSPS) is 14.5. The first-order chi connectivity index (χ1) is 9.69. The van der Waals surface area contributed by atoms with Crippen LogP contribution in [0, 0.1) is 5.92 Å². The molecule has 0 aromatic carbocycles. The molecule has 6 heteroatoms. The highest BCUT2D eigenvalue weighted by molar-refractivity contribution is 5.85. The lowest BCUT2D eigenvalue weighted by Gasteiger charge is -2.14. The number of hydrogen-bond donors (Lipinski definition) is 1. The lowest BCUT2D eigenvalue weighted by molar-refractivity contribution is 0.511. The number of aromatic nitrogens is 4. The van der Waals surface area contributed by atoms with Crippen LogP contribution in [0.4, 0.5) is 5.82 Å². The van der Waals surface area contributed by atoms with E-state index in [1.54, 1.807) is 0 Å². The summed E-state index contributed by atoms with van der Waals surface area (Å²) >= 11 is 0. The number of rotatable bonds is 6.